The topological polar surface area (TPSA) is 42.1 Å². The third-order valence-electron chi connectivity index (χ3n) is 2.64. The van der Waals surface area contributed by atoms with Crippen molar-refractivity contribution in [2.45, 2.75) is 20.0 Å². The highest BCUT2D eigenvalue weighted by Gasteiger charge is 2.09. The lowest BCUT2D eigenvalue weighted by Gasteiger charge is -2.11. The minimum absolute atomic E-state index is 0.00575. The summed E-state index contributed by atoms with van der Waals surface area (Å²) in [7, 11) is 0. The molecule has 0 saturated carbocycles. The number of alkyl halides is 1. The van der Waals surface area contributed by atoms with Gasteiger partial charge in [-0.15, -0.1) is 11.6 Å². The first-order valence-corrected chi connectivity index (χ1v) is 6.69. The molecule has 2 aromatic rings. The van der Waals surface area contributed by atoms with Crippen LogP contribution in [0.1, 0.15) is 19.4 Å². The summed E-state index contributed by atoms with van der Waals surface area (Å²) in [6.07, 6.45) is 5.20. The minimum atomic E-state index is -0.113. The van der Waals surface area contributed by atoms with Gasteiger partial charge in [0.25, 0.3) is 0 Å². The summed E-state index contributed by atoms with van der Waals surface area (Å²) >= 11 is 5.48. The standard InChI is InChI=1S/C15H16ClNO2/c1-10(2)19-14-5-3-4-13-15(14)11(9-17-13)6-7-12(18)8-16/h3-7,9-10,17H,8H2,1-2H3/b7-6+. The van der Waals surface area contributed by atoms with Crippen molar-refractivity contribution in [3.05, 3.63) is 36.0 Å². The van der Waals surface area contributed by atoms with Crippen LogP contribution in [0.3, 0.4) is 0 Å². The lowest BCUT2D eigenvalue weighted by molar-refractivity contribution is -0.112. The number of fused-ring (bicyclic) bond motifs is 1. The molecule has 1 aromatic heterocycles. The molecule has 0 radical (unpaired) electrons. The highest BCUT2D eigenvalue weighted by molar-refractivity contribution is 6.29. The van der Waals surface area contributed by atoms with Crippen LogP contribution in [0.5, 0.6) is 5.75 Å². The first-order valence-electron chi connectivity index (χ1n) is 6.15. The van der Waals surface area contributed by atoms with Crippen molar-refractivity contribution in [1.29, 1.82) is 0 Å². The van der Waals surface area contributed by atoms with E-state index >= 15 is 0 Å². The van der Waals surface area contributed by atoms with Crippen LogP contribution in [-0.2, 0) is 4.79 Å². The highest BCUT2D eigenvalue weighted by atomic mass is 35.5. The van der Waals surface area contributed by atoms with E-state index in [2.05, 4.69) is 4.98 Å². The predicted octanol–water partition coefficient (Wildman–Crippen LogP) is 3.78. The van der Waals surface area contributed by atoms with Crippen molar-refractivity contribution < 1.29 is 9.53 Å². The number of rotatable bonds is 5. The summed E-state index contributed by atoms with van der Waals surface area (Å²) in [6, 6.07) is 5.84. The number of carbonyl (C=O) groups excluding carboxylic acids is 1. The molecule has 1 aromatic carbocycles. The Balaban J connectivity index is 2.44. The van der Waals surface area contributed by atoms with E-state index in [-0.39, 0.29) is 17.8 Å². The van der Waals surface area contributed by atoms with E-state index in [1.165, 1.54) is 6.08 Å². The monoisotopic (exact) mass is 277 g/mol. The molecule has 0 aliphatic carbocycles. The highest BCUT2D eigenvalue weighted by Crippen LogP contribution is 2.30. The van der Waals surface area contributed by atoms with Crippen LogP contribution in [0, 0.1) is 0 Å². The Morgan fingerprint density at radius 2 is 2.26 bits per heavy atom. The van der Waals surface area contributed by atoms with E-state index in [1.54, 1.807) is 6.08 Å². The molecular weight excluding hydrogens is 262 g/mol. The zero-order chi connectivity index (χ0) is 13.8. The van der Waals surface area contributed by atoms with Crippen LogP contribution in [0.15, 0.2) is 30.5 Å². The summed E-state index contributed by atoms with van der Waals surface area (Å²) in [5, 5.41) is 0.981. The summed E-state index contributed by atoms with van der Waals surface area (Å²) in [5.74, 6) is 0.693. The second kappa shape index (κ2) is 5.93. The van der Waals surface area contributed by atoms with Gasteiger partial charge in [-0.05, 0) is 38.1 Å². The molecule has 0 fully saturated rings. The lowest BCUT2D eigenvalue weighted by atomic mass is 10.1. The van der Waals surface area contributed by atoms with E-state index in [0.717, 1.165) is 22.2 Å². The smallest absolute Gasteiger partial charge is 0.170 e. The summed E-state index contributed by atoms with van der Waals surface area (Å²) in [6.45, 7) is 3.97. The Labute approximate surface area is 117 Å². The summed E-state index contributed by atoms with van der Waals surface area (Å²) < 4.78 is 5.79. The van der Waals surface area contributed by atoms with Gasteiger partial charge >= 0.3 is 0 Å². The largest absolute Gasteiger partial charge is 0.490 e. The number of hydrogen-bond acceptors (Lipinski definition) is 2. The van der Waals surface area contributed by atoms with Crippen LogP contribution in [0.25, 0.3) is 17.0 Å². The lowest BCUT2D eigenvalue weighted by Crippen LogP contribution is -2.05. The Bertz CT molecular complexity index is 614. The van der Waals surface area contributed by atoms with Gasteiger partial charge in [0.05, 0.1) is 12.0 Å². The molecule has 1 N–H and O–H groups in total. The fraction of sp³-hybridized carbons (Fsp3) is 0.267. The first kappa shape index (κ1) is 13.7. The van der Waals surface area contributed by atoms with E-state index in [0.29, 0.717) is 0 Å². The van der Waals surface area contributed by atoms with Gasteiger partial charge in [0.1, 0.15) is 5.75 Å². The molecule has 1 heterocycles. The number of H-pyrrole nitrogens is 1. The molecule has 0 aliphatic heterocycles. The first-order chi connectivity index (χ1) is 9.11. The molecule has 0 aliphatic rings. The number of carbonyl (C=O) groups is 1. The number of ketones is 1. The quantitative estimate of drug-likeness (QED) is 0.668. The van der Waals surface area contributed by atoms with Gasteiger partial charge in [-0.2, -0.15) is 0 Å². The molecule has 4 heteroatoms. The van der Waals surface area contributed by atoms with Crippen molar-refractivity contribution in [1.82, 2.24) is 4.98 Å². The maximum Gasteiger partial charge on any atom is 0.170 e. The Morgan fingerprint density at radius 3 is 2.95 bits per heavy atom. The molecule has 100 valence electrons. The molecule has 0 saturated heterocycles. The third kappa shape index (κ3) is 3.18. The van der Waals surface area contributed by atoms with E-state index in [1.807, 2.05) is 38.2 Å². The Hall–Kier alpha value is -1.74. The molecule has 0 spiro atoms. The maximum atomic E-state index is 11.2. The van der Waals surface area contributed by atoms with Crippen LogP contribution in [0.2, 0.25) is 0 Å². The second-order valence-corrected chi connectivity index (χ2v) is 4.79. The van der Waals surface area contributed by atoms with Crippen molar-refractivity contribution in [3.8, 4) is 5.75 Å². The second-order valence-electron chi connectivity index (χ2n) is 4.52. The van der Waals surface area contributed by atoms with Crippen molar-refractivity contribution in [2.75, 3.05) is 5.88 Å². The molecule has 0 bridgehead atoms. The molecular formula is C15H16ClNO2. The number of aromatic amines is 1. The fourth-order valence-electron chi connectivity index (χ4n) is 1.89. The number of allylic oxidation sites excluding steroid dienone is 1. The van der Waals surface area contributed by atoms with E-state index in [4.69, 9.17) is 16.3 Å². The third-order valence-corrected chi connectivity index (χ3v) is 2.90. The fourth-order valence-corrected chi connectivity index (χ4v) is 1.98. The number of halogens is 1. The summed E-state index contributed by atoms with van der Waals surface area (Å²) in [5.41, 5.74) is 1.90. The van der Waals surface area contributed by atoms with Crippen molar-refractivity contribution in [2.24, 2.45) is 0 Å². The Morgan fingerprint density at radius 1 is 1.47 bits per heavy atom. The predicted molar refractivity (Wildman–Crippen MR) is 78.8 cm³/mol. The van der Waals surface area contributed by atoms with Gasteiger partial charge in [0, 0.05) is 22.7 Å². The van der Waals surface area contributed by atoms with Gasteiger partial charge in [0.2, 0.25) is 0 Å². The van der Waals surface area contributed by atoms with Gasteiger partial charge < -0.3 is 9.72 Å². The normalized spacial score (nSPS) is 11.6. The number of benzene rings is 1. The maximum absolute atomic E-state index is 11.2. The molecule has 0 amide bonds. The van der Waals surface area contributed by atoms with E-state index in [9.17, 15) is 4.79 Å². The average Bonchev–Trinajstić information content (AvgIpc) is 2.79. The van der Waals surface area contributed by atoms with Crippen LogP contribution >= 0.6 is 11.6 Å². The van der Waals surface area contributed by atoms with Gasteiger partial charge in [0.15, 0.2) is 5.78 Å². The summed E-state index contributed by atoms with van der Waals surface area (Å²) in [4.78, 5) is 14.4. The minimum Gasteiger partial charge on any atom is -0.490 e. The van der Waals surface area contributed by atoms with Gasteiger partial charge in [-0.1, -0.05) is 6.07 Å². The Kier molecular flexibility index (Phi) is 4.27. The zero-order valence-electron chi connectivity index (χ0n) is 10.9. The molecule has 0 unspecified atom stereocenters. The van der Waals surface area contributed by atoms with Crippen molar-refractivity contribution >= 4 is 34.4 Å². The van der Waals surface area contributed by atoms with Crippen LogP contribution in [0.4, 0.5) is 0 Å². The van der Waals surface area contributed by atoms with Gasteiger partial charge in [-0.25, -0.2) is 0 Å². The number of hydrogen-bond donors (Lipinski definition) is 1. The SMILES string of the molecule is CC(C)Oc1cccc2[nH]cc(/C=C/C(=O)CCl)c12. The van der Waals surface area contributed by atoms with E-state index < -0.39 is 0 Å². The average molecular weight is 278 g/mol. The zero-order valence-corrected chi connectivity index (χ0v) is 11.7. The number of aromatic nitrogens is 1. The number of ether oxygens (including phenoxy) is 1. The molecule has 19 heavy (non-hydrogen) atoms. The van der Waals surface area contributed by atoms with Crippen LogP contribution < -0.4 is 4.74 Å². The number of nitrogens with one attached hydrogen (secondary N) is 1. The molecule has 3 nitrogen and oxygen atoms in total. The van der Waals surface area contributed by atoms with Crippen molar-refractivity contribution in [3.63, 3.8) is 0 Å². The molecule has 2 rings (SSSR count). The van der Waals surface area contributed by atoms with Crippen LogP contribution in [-0.4, -0.2) is 22.8 Å². The molecule has 0 atom stereocenters. The van der Waals surface area contributed by atoms with Gasteiger partial charge in [-0.3, -0.25) is 4.79 Å².